The molecule has 0 radical (unpaired) electrons. The Balaban J connectivity index is 1.72. The Hall–Kier alpha value is -2.70. The molecule has 1 aromatic heterocycles. The maximum absolute atomic E-state index is 14.3. The lowest BCUT2D eigenvalue weighted by atomic mass is 10.0. The number of ether oxygens (including phenoxy) is 1. The SMILES string of the molecule is COc1ccc(-c2nn(-c3ccccc3F)cc2CN2CCC[C@@H](O)C2)cc1. The van der Waals surface area contributed by atoms with Crippen molar-refractivity contribution in [3.63, 3.8) is 0 Å². The minimum Gasteiger partial charge on any atom is -0.497 e. The molecule has 1 fully saturated rings. The highest BCUT2D eigenvalue weighted by molar-refractivity contribution is 5.64. The second kappa shape index (κ2) is 8.12. The molecule has 3 aromatic rings. The fraction of sp³-hybridized carbons (Fsp3) is 0.318. The van der Waals surface area contributed by atoms with Gasteiger partial charge in [0.1, 0.15) is 17.3 Å². The quantitative estimate of drug-likeness (QED) is 0.733. The molecule has 2 heterocycles. The highest BCUT2D eigenvalue weighted by Gasteiger charge is 2.21. The molecule has 28 heavy (non-hydrogen) atoms. The van der Waals surface area contributed by atoms with E-state index in [1.165, 1.54) is 6.07 Å². The fourth-order valence-electron chi connectivity index (χ4n) is 3.69. The van der Waals surface area contributed by atoms with Gasteiger partial charge in [0.2, 0.25) is 0 Å². The van der Waals surface area contributed by atoms with Crippen molar-refractivity contribution in [3.05, 3.63) is 66.1 Å². The van der Waals surface area contributed by atoms with Crippen molar-refractivity contribution < 1.29 is 14.2 Å². The maximum atomic E-state index is 14.3. The van der Waals surface area contributed by atoms with Crippen LogP contribution in [0.2, 0.25) is 0 Å². The molecule has 1 N–H and O–H groups in total. The third-order valence-electron chi connectivity index (χ3n) is 5.13. The van der Waals surface area contributed by atoms with Gasteiger partial charge < -0.3 is 9.84 Å². The first-order chi connectivity index (χ1) is 13.6. The van der Waals surface area contributed by atoms with Gasteiger partial charge in [0.15, 0.2) is 0 Å². The minimum atomic E-state index is -0.314. The molecule has 0 bridgehead atoms. The lowest BCUT2D eigenvalue weighted by Gasteiger charge is -2.29. The molecule has 0 amide bonds. The van der Waals surface area contributed by atoms with E-state index in [-0.39, 0.29) is 11.9 Å². The van der Waals surface area contributed by atoms with E-state index in [1.54, 1.807) is 30.0 Å². The number of para-hydroxylation sites is 1. The molecular weight excluding hydrogens is 357 g/mol. The van der Waals surface area contributed by atoms with Gasteiger partial charge in [-0.25, -0.2) is 9.07 Å². The van der Waals surface area contributed by atoms with Gasteiger partial charge in [-0.2, -0.15) is 5.10 Å². The van der Waals surface area contributed by atoms with E-state index < -0.39 is 0 Å². The van der Waals surface area contributed by atoms with Gasteiger partial charge >= 0.3 is 0 Å². The summed E-state index contributed by atoms with van der Waals surface area (Å²) in [5, 5.41) is 14.7. The van der Waals surface area contributed by atoms with E-state index in [4.69, 9.17) is 9.84 Å². The molecule has 0 aliphatic carbocycles. The van der Waals surface area contributed by atoms with Crippen LogP contribution in [0.1, 0.15) is 18.4 Å². The Bertz CT molecular complexity index is 939. The smallest absolute Gasteiger partial charge is 0.148 e. The zero-order valence-corrected chi connectivity index (χ0v) is 15.9. The summed E-state index contributed by atoms with van der Waals surface area (Å²) < 4.78 is 21.2. The fourth-order valence-corrected chi connectivity index (χ4v) is 3.69. The van der Waals surface area contributed by atoms with Gasteiger partial charge in [-0.1, -0.05) is 12.1 Å². The minimum absolute atomic E-state index is 0.292. The molecule has 1 aliphatic rings. The van der Waals surface area contributed by atoms with Crippen molar-refractivity contribution in [1.82, 2.24) is 14.7 Å². The van der Waals surface area contributed by atoms with Gasteiger partial charge in [0.25, 0.3) is 0 Å². The molecule has 6 heteroatoms. The van der Waals surface area contributed by atoms with Crippen LogP contribution in [-0.4, -0.2) is 46.1 Å². The van der Waals surface area contributed by atoms with Crippen LogP contribution >= 0.6 is 0 Å². The number of piperidine rings is 1. The van der Waals surface area contributed by atoms with E-state index in [1.807, 2.05) is 30.5 Å². The number of methoxy groups -OCH3 is 1. The number of β-amino-alcohol motifs (C(OH)–C–C–N with tert-alkyl or cyclic N) is 1. The van der Waals surface area contributed by atoms with Crippen LogP contribution in [0, 0.1) is 5.82 Å². The molecule has 146 valence electrons. The van der Waals surface area contributed by atoms with Crippen molar-refractivity contribution in [3.8, 4) is 22.7 Å². The summed E-state index contributed by atoms with van der Waals surface area (Å²) in [5.74, 6) is 0.462. The highest BCUT2D eigenvalue weighted by atomic mass is 19.1. The van der Waals surface area contributed by atoms with E-state index in [0.717, 1.165) is 42.0 Å². The summed E-state index contributed by atoms with van der Waals surface area (Å²) in [5.41, 5.74) is 3.18. The summed E-state index contributed by atoms with van der Waals surface area (Å²) >= 11 is 0. The summed E-state index contributed by atoms with van der Waals surface area (Å²) in [7, 11) is 1.63. The first kappa shape index (κ1) is 18.7. The number of likely N-dealkylation sites (tertiary alicyclic amines) is 1. The molecule has 1 atom stereocenters. The second-order valence-electron chi connectivity index (χ2n) is 7.16. The zero-order valence-electron chi connectivity index (χ0n) is 15.9. The van der Waals surface area contributed by atoms with Gasteiger partial charge in [-0.15, -0.1) is 0 Å². The van der Waals surface area contributed by atoms with Crippen molar-refractivity contribution in [2.45, 2.75) is 25.5 Å². The lowest BCUT2D eigenvalue weighted by Crippen LogP contribution is -2.37. The summed E-state index contributed by atoms with van der Waals surface area (Å²) in [6.07, 6.45) is 3.41. The number of benzene rings is 2. The molecule has 1 aliphatic heterocycles. The van der Waals surface area contributed by atoms with Gasteiger partial charge in [0, 0.05) is 30.4 Å². The molecule has 0 unspecified atom stereocenters. The summed E-state index contributed by atoms with van der Waals surface area (Å²) in [6, 6.07) is 14.3. The average molecular weight is 381 g/mol. The van der Waals surface area contributed by atoms with Crippen LogP contribution < -0.4 is 4.74 Å². The van der Waals surface area contributed by atoms with Crippen molar-refractivity contribution in [2.75, 3.05) is 20.2 Å². The van der Waals surface area contributed by atoms with Crippen LogP contribution in [0.25, 0.3) is 16.9 Å². The van der Waals surface area contributed by atoms with Gasteiger partial charge in [-0.3, -0.25) is 4.90 Å². The number of aromatic nitrogens is 2. The predicted octanol–water partition coefficient (Wildman–Crippen LogP) is 3.64. The van der Waals surface area contributed by atoms with E-state index in [2.05, 4.69) is 4.90 Å². The summed E-state index contributed by atoms with van der Waals surface area (Å²) in [6.45, 7) is 2.24. The first-order valence-corrected chi connectivity index (χ1v) is 9.52. The molecule has 1 saturated heterocycles. The number of hydrogen-bond acceptors (Lipinski definition) is 4. The standard InChI is InChI=1S/C22H24FN3O2/c1-28-19-10-8-16(9-11-19)22-17(13-25-12-4-5-18(27)15-25)14-26(24-22)21-7-3-2-6-20(21)23/h2-3,6-11,14,18,27H,4-5,12-13,15H2,1H3/t18-/m1/s1. The van der Waals surface area contributed by atoms with Crippen molar-refractivity contribution >= 4 is 0 Å². The Morgan fingerprint density at radius 2 is 1.96 bits per heavy atom. The Morgan fingerprint density at radius 1 is 1.18 bits per heavy atom. The number of nitrogens with zero attached hydrogens (tertiary/aromatic N) is 3. The summed E-state index contributed by atoms with van der Waals surface area (Å²) in [4.78, 5) is 2.23. The molecule has 0 spiro atoms. The number of aliphatic hydroxyl groups excluding tert-OH is 1. The Morgan fingerprint density at radius 3 is 2.68 bits per heavy atom. The molecule has 0 saturated carbocycles. The van der Waals surface area contributed by atoms with E-state index >= 15 is 0 Å². The number of rotatable bonds is 5. The Labute approximate surface area is 164 Å². The zero-order chi connectivity index (χ0) is 19.5. The van der Waals surface area contributed by atoms with Crippen LogP contribution in [0.15, 0.2) is 54.7 Å². The third kappa shape index (κ3) is 3.93. The van der Waals surface area contributed by atoms with Crippen molar-refractivity contribution in [2.24, 2.45) is 0 Å². The molecule has 5 nitrogen and oxygen atoms in total. The normalized spacial score (nSPS) is 17.6. The van der Waals surface area contributed by atoms with Crippen LogP contribution in [0.4, 0.5) is 4.39 Å². The van der Waals surface area contributed by atoms with E-state index in [0.29, 0.717) is 18.8 Å². The van der Waals surface area contributed by atoms with Crippen LogP contribution in [0.5, 0.6) is 5.75 Å². The monoisotopic (exact) mass is 381 g/mol. The number of halogens is 1. The average Bonchev–Trinajstić information content (AvgIpc) is 3.12. The molecule has 4 rings (SSSR count). The second-order valence-corrected chi connectivity index (χ2v) is 7.16. The van der Waals surface area contributed by atoms with Crippen LogP contribution in [0.3, 0.4) is 0 Å². The number of aliphatic hydroxyl groups is 1. The van der Waals surface area contributed by atoms with Gasteiger partial charge in [-0.05, 0) is 55.8 Å². The van der Waals surface area contributed by atoms with Crippen LogP contribution in [-0.2, 0) is 6.54 Å². The van der Waals surface area contributed by atoms with Gasteiger partial charge in [0.05, 0.1) is 18.9 Å². The number of hydrogen-bond donors (Lipinski definition) is 1. The third-order valence-corrected chi connectivity index (χ3v) is 5.13. The van der Waals surface area contributed by atoms with Crippen molar-refractivity contribution in [1.29, 1.82) is 0 Å². The topological polar surface area (TPSA) is 50.5 Å². The first-order valence-electron chi connectivity index (χ1n) is 9.52. The van der Waals surface area contributed by atoms with E-state index in [9.17, 15) is 9.50 Å². The molecule has 2 aromatic carbocycles. The highest BCUT2D eigenvalue weighted by Crippen LogP contribution is 2.28. The Kier molecular flexibility index (Phi) is 5.41. The predicted molar refractivity (Wildman–Crippen MR) is 106 cm³/mol. The lowest BCUT2D eigenvalue weighted by molar-refractivity contribution is 0.0669. The molecular formula is C22H24FN3O2. The largest absolute Gasteiger partial charge is 0.497 e. The maximum Gasteiger partial charge on any atom is 0.148 e.